The molecule has 0 aromatic heterocycles. The zero-order valence-corrected chi connectivity index (χ0v) is 11.9. The van der Waals surface area contributed by atoms with Gasteiger partial charge in [-0.05, 0) is 36.9 Å². The molecule has 3 aliphatic rings. The number of methoxy groups -OCH3 is 1. The number of hydrogen-bond acceptors (Lipinski definition) is 3. The smallest absolute Gasteiger partial charge is 0.134 e. The number of rotatable bonds is 1. The number of ketones is 1. The molecule has 2 fully saturated rings. The minimum absolute atomic E-state index is 0.109. The normalized spacial score (nSPS) is 39.0. The van der Waals surface area contributed by atoms with Crippen LogP contribution in [0, 0.1) is 0 Å². The predicted octanol–water partition coefficient (Wildman–Crippen LogP) is 1.98. The molecule has 1 aromatic rings. The molecule has 1 saturated heterocycles. The summed E-state index contributed by atoms with van der Waals surface area (Å²) in [6.07, 6.45) is 4.18. The molecule has 1 aliphatic heterocycles. The summed E-state index contributed by atoms with van der Waals surface area (Å²) < 4.78 is 6.13. The van der Waals surface area contributed by atoms with Crippen LogP contribution in [0.1, 0.15) is 36.8 Å². The van der Waals surface area contributed by atoms with E-state index in [9.17, 15) is 4.79 Å². The number of carbonyl (C=O) groups is 1. The molecule has 4 rings (SSSR count). The molecule has 20 heavy (non-hydrogen) atoms. The lowest BCUT2D eigenvalue weighted by atomic mass is 9.49. The Bertz CT molecular complexity index is 570. The first-order chi connectivity index (χ1) is 9.72. The largest absolute Gasteiger partial charge is 0.376 e. The third-order valence-electron chi connectivity index (χ3n) is 5.91. The number of benzene rings is 1. The quantitative estimate of drug-likeness (QED) is 0.849. The standard InChI is InChI=1S/C17H21NO2/c1-20-17-7-6-13(19)11-16(17)8-9-18-15(17)10-12-4-2-3-5-14(12)16/h2-5,15,18H,6-11H2,1H3/t15-,16-,17-/m1/s1. The monoisotopic (exact) mass is 271 g/mol. The number of piperidine rings is 1. The van der Waals surface area contributed by atoms with Gasteiger partial charge in [0.25, 0.3) is 0 Å². The van der Waals surface area contributed by atoms with E-state index in [0.717, 1.165) is 25.8 Å². The van der Waals surface area contributed by atoms with Crippen molar-refractivity contribution in [2.24, 2.45) is 0 Å². The molecule has 106 valence electrons. The SMILES string of the molecule is CO[C@@]12CCC(=O)C[C@@]13CCN[C@@H]2Cc1ccccc13. The molecule has 1 N–H and O–H groups in total. The Balaban J connectivity index is 1.98. The van der Waals surface area contributed by atoms with Crippen molar-refractivity contribution in [1.82, 2.24) is 5.32 Å². The summed E-state index contributed by atoms with van der Waals surface area (Å²) >= 11 is 0. The van der Waals surface area contributed by atoms with Crippen molar-refractivity contribution in [2.45, 2.75) is 49.2 Å². The van der Waals surface area contributed by atoms with Crippen molar-refractivity contribution in [3.05, 3.63) is 35.4 Å². The van der Waals surface area contributed by atoms with E-state index in [1.807, 2.05) is 7.11 Å². The van der Waals surface area contributed by atoms with E-state index in [1.54, 1.807) is 0 Å². The van der Waals surface area contributed by atoms with E-state index in [-0.39, 0.29) is 11.0 Å². The van der Waals surface area contributed by atoms with Crippen LogP contribution in [0.3, 0.4) is 0 Å². The molecular formula is C17H21NO2. The molecule has 3 heteroatoms. The third-order valence-corrected chi connectivity index (χ3v) is 5.91. The molecule has 1 saturated carbocycles. The van der Waals surface area contributed by atoms with Gasteiger partial charge in [0.05, 0.1) is 5.60 Å². The number of fused-ring (bicyclic) bond motifs is 1. The van der Waals surface area contributed by atoms with Crippen LogP contribution in [0.25, 0.3) is 0 Å². The van der Waals surface area contributed by atoms with E-state index in [0.29, 0.717) is 24.7 Å². The Labute approximate surface area is 119 Å². The minimum Gasteiger partial charge on any atom is -0.376 e. The van der Waals surface area contributed by atoms with Gasteiger partial charge >= 0.3 is 0 Å². The third kappa shape index (κ3) is 1.35. The lowest BCUT2D eigenvalue weighted by molar-refractivity contribution is -0.161. The summed E-state index contributed by atoms with van der Waals surface area (Å²) in [6, 6.07) is 8.99. The maximum Gasteiger partial charge on any atom is 0.134 e. The topological polar surface area (TPSA) is 38.3 Å². The molecule has 3 atom stereocenters. The van der Waals surface area contributed by atoms with Crippen LogP contribution in [-0.4, -0.2) is 31.1 Å². The lowest BCUT2D eigenvalue weighted by Gasteiger charge is -2.62. The van der Waals surface area contributed by atoms with Crippen LogP contribution in [0.4, 0.5) is 0 Å². The summed E-state index contributed by atoms with van der Waals surface area (Å²) in [5.41, 5.74) is 2.45. The second-order valence-corrected chi connectivity index (χ2v) is 6.51. The average Bonchev–Trinajstić information content (AvgIpc) is 2.46. The molecule has 1 aromatic carbocycles. The highest BCUT2D eigenvalue weighted by Gasteiger charge is 2.63. The van der Waals surface area contributed by atoms with Gasteiger partial charge in [-0.1, -0.05) is 24.3 Å². The van der Waals surface area contributed by atoms with E-state index in [1.165, 1.54) is 11.1 Å². The fraction of sp³-hybridized carbons (Fsp3) is 0.588. The van der Waals surface area contributed by atoms with E-state index in [2.05, 4.69) is 29.6 Å². The number of Topliss-reactive ketones (excluding diaryl/α,β-unsaturated/α-hetero) is 1. The second kappa shape index (κ2) is 4.15. The van der Waals surface area contributed by atoms with Gasteiger partial charge in [-0.25, -0.2) is 0 Å². The van der Waals surface area contributed by atoms with Crippen LogP contribution in [0.2, 0.25) is 0 Å². The summed E-state index contributed by atoms with van der Waals surface area (Å²) in [5, 5.41) is 3.66. The van der Waals surface area contributed by atoms with Gasteiger partial charge in [-0.15, -0.1) is 0 Å². The van der Waals surface area contributed by atoms with Crippen molar-refractivity contribution in [3.8, 4) is 0 Å². The molecular weight excluding hydrogens is 250 g/mol. The first kappa shape index (κ1) is 12.5. The fourth-order valence-corrected chi connectivity index (χ4v) is 5.09. The van der Waals surface area contributed by atoms with Gasteiger partial charge < -0.3 is 10.1 Å². The zero-order valence-electron chi connectivity index (χ0n) is 11.9. The first-order valence-corrected chi connectivity index (χ1v) is 7.60. The Hall–Kier alpha value is -1.19. The van der Waals surface area contributed by atoms with Gasteiger partial charge in [0.15, 0.2) is 0 Å². The number of hydrogen-bond donors (Lipinski definition) is 1. The summed E-state index contributed by atoms with van der Waals surface area (Å²) in [5.74, 6) is 0.398. The summed E-state index contributed by atoms with van der Waals surface area (Å²) in [4.78, 5) is 12.2. The van der Waals surface area contributed by atoms with Crippen LogP contribution >= 0.6 is 0 Å². The molecule has 3 nitrogen and oxygen atoms in total. The molecule has 0 radical (unpaired) electrons. The Morgan fingerprint density at radius 1 is 1.30 bits per heavy atom. The van der Waals surface area contributed by atoms with E-state index < -0.39 is 0 Å². The fourth-order valence-electron chi connectivity index (χ4n) is 5.09. The highest BCUT2D eigenvalue weighted by Crippen LogP contribution is 2.56. The van der Waals surface area contributed by atoms with Gasteiger partial charge in [0.2, 0.25) is 0 Å². The Morgan fingerprint density at radius 3 is 3.00 bits per heavy atom. The number of carbonyl (C=O) groups excluding carboxylic acids is 1. The summed E-state index contributed by atoms with van der Waals surface area (Å²) in [6.45, 7) is 0.984. The second-order valence-electron chi connectivity index (χ2n) is 6.51. The molecule has 0 spiro atoms. The van der Waals surface area contributed by atoms with Crippen LogP contribution in [0.15, 0.2) is 24.3 Å². The maximum atomic E-state index is 12.2. The van der Waals surface area contributed by atoms with Gasteiger partial charge in [-0.3, -0.25) is 4.79 Å². The molecule has 0 amide bonds. The predicted molar refractivity (Wildman–Crippen MR) is 76.8 cm³/mol. The van der Waals surface area contributed by atoms with Gasteiger partial charge in [0, 0.05) is 31.4 Å². The molecule has 2 aliphatic carbocycles. The van der Waals surface area contributed by atoms with Crippen molar-refractivity contribution in [2.75, 3.05) is 13.7 Å². The van der Waals surface area contributed by atoms with E-state index >= 15 is 0 Å². The van der Waals surface area contributed by atoms with Crippen LogP contribution < -0.4 is 5.32 Å². The zero-order chi connectivity index (χ0) is 13.8. The first-order valence-electron chi connectivity index (χ1n) is 7.60. The average molecular weight is 271 g/mol. The number of ether oxygens (including phenoxy) is 1. The maximum absolute atomic E-state index is 12.2. The van der Waals surface area contributed by atoms with Crippen LogP contribution in [-0.2, 0) is 21.4 Å². The molecule has 0 unspecified atom stereocenters. The van der Waals surface area contributed by atoms with Crippen molar-refractivity contribution < 1.29 is 9.53 Å². The molecule has 2 bridgehead atoms. The lowest BCUT2D eigenvalue weighted by Crippen LogP contribution is -2.73. The minimum atomic E-state index is -0.201. The van der Waals surface area contributed by atoms with Gasteiger partial charge in [0.1, 0.15) is 5.78 Å². The highest BCUT2D eigenvalue weighted by molar-refractivity contribution is 5.82. The number of nitrogens with one attached hydrogen (secondary N) is 1. The van der Waals surface area contributed by atoms with E-state index in [4.69, 9.17) is 4.74 Å². The van der Waals surface area contributed by atoms with Gasteiger partial charge in [-0.2, -0.15) is 0 Å². The molecule has 1 heterocycles. The Morgan fingerprint density at radius 2 is 2.15 bits per heavy atom. The van der Waals surface area contributed by atoms with Crippen LogP contribution in [0.5, 0.6) is 0 Å². The highest BCUT2D eigenvalue weighted by atomic mass is 16.5. The van der Waals surface area contributed by atoms with Crippen molar-refractivity contribution in [1.29, 1.82) is 0 Å². The van der Waals surface area contributed by atoms with Crippen molar-refractivity contribution >= 4 is 5.78 Å². The summed E-state index contributed by atoms with van der Waals surface area (Å²) in [7, 11) is 1.83. The Kier molecular flexibility index (Phi) is 2.60. The van der Waals surface area contributed by atoms with Crippen molar-refractivity contribution in [3.63, 3.8) is 0 Å².